The Morgan fingerprint density at radius 2 is 2.06 bits per heavy atom. The van der Waals surface area contributed by atoms with Gasteiger partial charge in [0.05, 0.1) is 20.3 Å². The number of rotatable bonds is 3. The third kappa shape index (κ3) is 2.13. The number of nitrogens with zero attached hydrogens (tertiary/aromatic N) is 1. The molecule has 0 saturated carbocycles. The lowest BCUT2D eigenvalue weighted by atomic mass is 10.0. The summed E-state index contributed by atoms with van der Waals surface area (Å²) in [4.78, 5) is 4.15. The quantitative estimate of drug-likeness (QED) is 0.863. The lowest BCUT2D eigenvalue weighted by Crippen LogP contribution is -2.15. The topological polar surface area (TPSA) is 66.1 Å². The minimum absolute atomic E-state index is 0.0164. The van der Waals surface area contributed by atoms with E-state index in [4.69, 9.17) is 19.9 Å². The van der Waals surface area contributed by atoms with E-state index in [1.54, 1.807) is 14.2 Å². The van der Waals surface area contributed by atoms with Gasteiger partial charge in [0.15, 0.2) is 6.10 Å². The normalized spacial score (nSPS) is 22.9. The first-order valence-electron chi connectivity index (χ1n) is 5.37. The van der Waals surface area contributed by atoms with E-state index in [1.165, 1.54) is 0 Å². The molecule has 1 heterocycles. The summed E-state index contributed by atoms with van der Waals surface area (Å²) < 4.78 is 16.0. The van der Waals surface area contributed by atoms with Gasteiger partial charge in [0.25, 0.3) is 6.02 Å². The minimum Gasteiger partial charge on any atom is -0.497 e. The van der Waals surface area contributed by atoms with E-state index in [-0.39, 0.29) is 18.2 Å². The zero-order valence-corrected chi connectivity index (χ0v) is 10.1. The molecule has 0 saturated heterocycles. The maximum atomic E-state index is 5.56. The predicted molar refractivity (Wildman–Crippen MR) is 64.5 cm³/mol. The molecule has 5 nitrogen and oxygen atoms in total. The van der Waals surface area contributed by atoms with Crippen molar-refractivity contribution in [2.24, 2.45) is 10.7 Å². The molecule has 0 amide bonds. The number of hydrogen-bond donors (Lipinski definition) is 1. The number of nitrogens with two attached hydrogens (primary N) is 1. The van der Waals surface area contributed by atoms with Crippen molar-refractivity contribution >= 4 is 6.02 Å². The van der Waals surface area contributed by atoms with Crippen molar-refractivity contribution in [2.75, 3.05) is 14.2 Å². The van der Waals surface area contributed by atoms with Crippen LogP contribution in [0.2, 0.25) is 0 Å². The van der Waals surface area contributed by atoms with Crippen LogP contribution in [0.25, 0.3) is 0 Å². The second-order valence-electron chi connectivity index (χ2n) is 3.85. The van der Waals surface area contributed by atoms with Crippen LogP contribution in [0.4, 0.5) is 0 Å². The Bertz CT molecular complexity index is 445. The second kappa shape index (κ2) is 4.53. The molecule has 0 radical (unpaired) electrons. The average Bonchev–Trinajstić information content (AvgIpc) is 2.67. The molecule has 2 atom stereocenters. The van der Waals surface area contributed by atoms with Crippen LogP contribution >= 0.6 is 0 Å². The highest BCUT2D eigenvalue weighted by atomic mass is 16.5. The van der Waals surface area contributed by atoms with Gasteiger partial charge in [-0.2, -0.15) is 0 Å². The Labute approximate surface area is 100 Å². The molecule has 1 aliphatic rings. The van der Waals surface area contributed by atoms with E-state index in [0.29, 0.717) is 5.75 Å². The fourth-order valence-electron chi connectivity index (χ4n) is 1.90. The van der Waals surface area contributed by atoms with Crippen LogP contribution in [0.5, 0.6) is 11.5 Å². The third-order valence-corrected chi connectivity index (χ3v) is 2.76. The van der Waals surface area contributed by atoms with Crippen LogP contribution in [0, 0.1) is 0 Å². The number of hydrogen-bond acceptors (Lipinski definition) is 5. The van der Waals surface area contributed by atoms with Gasteiger partial charge in [-0.05, 0) is 19.1 Å². The van der Waals surface area contributed by atoms with Crippen LogP contribution in [-0.4, -0.2) is 26.3 Å². The summed E-state index contributed by atoms with van der Waals surface area (Å²) in [5, 5.41) is 0. The van der Waals surface area contributed by atoms with E-state index in [9.17, 15) is 0 Å². The Morgan fingerprint density at radius 3 is 2.59 bits per heavy atom. The molecule has 0 aromatic heterocycles. The van der Waals surface area contributed by atoms with Gasteiger partial charge in [0.1, 0.15) is 11.5 Å². The molecular formula is C12H16N2O3. The second-order valence-corrected chi connectivity index (χ2v) is 3.85. The number of amidine groups is 1. The highest BCUT2D eigenvalue weighted by molar-refractivity contribution is 5.74. The molecular weight excluding hydrogens is 220 g/mol. The van der Waals surface area contributed by atoms with Crippen LogP contribution in [0.3, 0.4) is 0 Å². The van der Waals surface area contributed by atoms with Gasteiger partial charge in [-0.15, -0.1) is 0 Å². The minimum atomic E-state index is -0.198. The summed E-state index contributed by atoms with van der Waals surface area (Å²) in [7, 11) is 3.23. The summed E-state index contributed by atoms with van der Waals surface area (Å²) in [6.07, 6.45) is -0.198. The first-order valence-corrected chi connectivity index (χ1v) is 5.37. The maximum Gasteiger partial charge on any atom is 0.283 e. The molecule has 0 aliphatic carbocycles. The van der Waals surface area contributed by atoms with Gasteiger partial charge in [-0.1, -0.05) is 0 Å². The van der Waals surface area contributed by atoms with Crippen molar-refractivity contribution in [3.05, 3.63) is 23.8 Å². The van der Waals surface area contributed by atoms with Crippen LogP contribution in [0.1, 0.15) is 18.6 Å². The fourth-order valence-corrected chi connectivity index (χ4v) is 1.90. The summed E-state index contributed by atoms with van der Waals surface area (Å²) in [6.45, 7) is 1.95. The van der Waals surface area contributed by atoms with E-state index in [2.05, 4.69) is 4.99 Å². The van der Waals surface area contributed by atoms with Crippen LogP contribution in [0.15, 0.2) is 23.2 Å². The lowest BCUT2D eigenvalue weighted by Gasteiger charge is -2.18. The van der Waals surface area contributed by atoms with Crippen molar-refractivity contribution in [2.45, 2.75) is 19.1 Å². The summed E-state index contributed by atoms with van der Waals surface area (Å²) in [6, 6.07) is 5.80. The van der Waals surface area contributed by atoms with Crippen molar-refractivity contribution in [3.8, 4) is 11.5 Å². The van der Waals surface area contributed by atoms with E-state index in [1.807, 2.05) is 25.1 Å². The number of aliphatic imine (C=N–C) groups is 1. The summed E-state index contributed by atoms with van der Waals surface area (Å²) in [5.41, 5.74) is 6.48. The maximum absolute atomic E-state index is 5.56. The molecule has 5 heteroatoms. The molecule has 1 aromatic rings. The number of benzene rings is 1. The molecule has 0 fully saturated rings. The zero-order valence-electron chi connectivity index (χ0n) is 10.1. The largest absolute Gasteiger partial charge is 0.497 e. The Hall–Kier alpha value is -1.91. The first kappa shape index (κ1) is 11.6. The van der Waals surface area contributed by atoms with Gasteiger partial charge in [0.2, 0.25) is 0 Å². The number of methoxy groups -OCH3 is 2. The molecule has 1 aromatic carbocycles. The molecule has 2 unspecified atom stereocenters. The van der Waals surface area contributed by atoms with Crippen molar-refractivity contribution in [1.29, 1.82) is 0 Å². The fraction of sp³-hybridized carbons (Fsp3) is 0.417. The highest BCUT2D eigenvalue weighted by Gasteiger charge is 2.30. The van der Waals surface area contributed by atoms with Crippen LogP contribution < -0.4 is 15.2 Å². The number of ether oxygens (including phenoxy) is 3. The molecule has 92 valence electrons. The molecule has 2 rings (SSSR count). The van der Waals surface area contributed by atoms with Crippen molar-refractivity contribution in [3.63, 3.8) is 0 Å². The lowest BCUT2D eigenvalue weighted by molar-refractivity contribution is 0.193. The van der Waals surface area contributed by atoms with Crippen molar-refractivity contribution < 1.29 is 14.2 Å². The molecule has 1 aliphatic heterocycles. The van der Waals surface area contributed by atoms with Gasteiger partial charge >= 0.3 is 0 Å². The van der Waals surface area contributed by atoms with Gasteiger partial charge in [-0.3, -0.25) is 0 Å². The predicted octanol–water partition coefficient (Wildman–Crippen LogP) is 1.48. The van der Waals surface area contributed by atoms with E-state index >= 15 is 0 Å². The molecule has 17 heavy (non-hydrogen) atoms. The Kier molecular flexibility index (Phi) is 3.08. The SMILES string of the molecule is COc1ccc(C2OC(N)=NC2C)c(OC)c1. The van der Waals surface area contributed by atoms with Gasteiger partial charge in [0, 0.05) is 11.6 Å². The highest BCUT2D eigenvalue weighted by Crippen LogP contribution is 2.36. The smallest absolute Gasteiger partial charge is 0.283 e. The Morgan fingerprint density at radius 1 is 1.29 bits per heavy atom. The summed E-state index contributed by atoms with van der Waals surface area (Å²) in [5.74, 6) is 1.45. The van der Waals surface area contributed by atoms with E-state index < -0.39 is 0 Å². The zero-order chi connectivity index (χ0) is 12.4. The third-order valence-electron chi connectivity index (χ3n) is 2.76. The molecule has 0 bridgehead atoms. The molecule has 2 N–H and O–H groups in total. The standard InChI is InChI=1S/C12H16N2O3/c1-7-11(17-12(13)14-7)9-5-4-8(15-2)6-10(9)16-3/h4-7,11H,1-3H3,(H2,13,14). The van der Waals surface area contributed by atoms with Crippen LogP contribution in [-0.2, 0) is 4.74 Å². The molecule has 0 spiro atoms. The first-order chi connectivity index (χ1) is 8.15. The monoisotopic (exact) mass is 236 g/mol. The van der Waals surface area contributed by atoms with Gasteiger partial charge in [-0.25, -0.2) is 4.99 Å². The Balaban J connectivity index is 2.33. The van der Waals surface area contributed by atoms with Crippen molar-refractivity contribution in [1.82, 2.24) is 0 Å². The van der Waals surface area contributed by atoms with E-state index in [0.717, 1.165) is 11.3 Å². The van der Waals surface area contributed by atoms with Gasteiger partial charge < -0.3 is 19.9 Å². The average molecular weight is 236 g/mol. The summed E-state index contributed by atoms with van der Waals surface area (Å²) >= 11 is 0.